The molecule has 106 valence electrons. The van der Waals surface area contributed by atoms with Crippen LogP contribution in [0.25, 0.3) is 0 Å². The Morgan fingerprint density at radius 3 is 2.70 bits per heavy atom. The third-order valence-electron chi connectivity index (χ3n) is 2.62. The zero-order valence-electron chi connectivity index (χ0n) is 10.7. The Hall–Kier alpha value is -1.04. The Kier molecular flexibility index (Phi) is 5.07. The highest BCUT2D eigenvalue weighted by Gasteiger charge is 2.14. The first-order chi connectivity index (χ1) is 9.52. The molecule has 0 unspecified atom stereocenters. The molecule has 0 bridgehead atoms. The first-order valence-electron chi connectivity index (χ1n) is 5.94. The van der Waals surface area contributed by atoms with Gasteiger partial charge in [0, 0.05) is 10.5 Å². The van der Waals surface area contributed by atoms with Gasteiger partial charge in [-0.05, 0) is 28.4 Å². The summed E-state index contributed by atoms with van der Waals surface area (Å²) < 4.78 is 6.44. The van der Waals surface area contributed by atoms with Crippen LogP contribution in [-0.4, -0.2) is 9.97 Å². The molecule has 0 radical (unpaired) electrons. The fourth-order valence-corrected chi connectivity index (χ4v) is 2.50. The summed E-state index contributed by atoms with van der Waals surface area (Å²) in [5, 5.41) is 0.935. The van der Waals surface area contributed by atoms with Gasteiger partial charge in [-0.15, -0.1) is 0 Å². The number of halogens is 3. The zero-order valence-corrected chi connectivity index (χ0v) is 13.8. The number of benzene rings is 1. The maximum atomic E-state index is 6.13. The molecule has 0 atom stereocenters. The minimum atomic E-state index is 0.402. The predicted octanol–water partition coefficient (Wildman–Crippen LogP) is 4.87. The number of nitrogens with two attached hydrogens (primary N) is 1. The second kappa shape index (κ2) is 6.61. The van der Waals surface area contributed by atoms with Gasteiger partial charge in [-0.25, -0.2) is 9.97 Å². The number of rotatable bonds is 4. The van der Waals surface area contributed by atoms with E-state index in [1.807, 2.05) is 6.92 Å². The van der Waals surface area contributed by atoms with E-state index >= 15 is 0 Å². The minimum Gasteiger partial charge on any atom is -0.437 e. The lowest BCUT2D eigenvalue weighted by Crippen LogP contribution is -2.02. The summed E-state index contributed by atoms with van der Waals surface area (Å²) in [4.78, 5) is 8.09. The third-order valence-corrected chi connectivity index (χ3v) is 4.11. The summed E-state index contributed by atoms with van der Waals surface area (Å²) in [7, 11) is 0. The number of hydrogen-bond donors (Lipinski definition) is 1. The van der Waals surface area contributed by atoms with Crippen LogP contribution in [0.15, 0.2) is 22.9 Å². The highest BCUT2D eigenvalue weighted by Crippen LogP contribution is 2.37. The van der Waals surface area contributed by atoms with Gasteiger partial charge in [0.2, 0.25) is 5.88 Å². The quantitative estimate of drug-likeness (QED) is 0.773. The zero-order chi connectivity index (χ0) is 14.7. The highest BCUT2D eigenvalue weighted by atomic mass is 79.9. The Morgan fingerprint density at radius 2 is 2.00 bits per heavy atom. The molecule has 1 heterocycles. The molecule has 20 heavy (non-hydrogen) atoms. The van der Waals surface area contributed by atoms with Crippen LogP contribution in [0.5, 0.6) is 11.6 Å². The fourth-order valence-electron chi connectivity index (χ4n) is 1.67. The summed E-state index contributed by atoms with van der Waals surface area (Å²) in [5.41, 5.74) is 6.62. The Bertz CT molecular complexity index is 637. The molecule has 2 rings (SSSR count). The second-order valence-corrected chi connectivity index (χ2v) is 5.76. The number of nitrogens with zero attached hydrogens (tertiary/aromatic N) is 2. The number of aromatic nitrogens is 2. The van der Waals surface area contributed by atoms with Crippen LogP contribution < -0.4 is 10.5 Å². The minimum absolute atomic E-state index is 0.402. The van der Waals surface area contributed by atoms with Gasteiger partial charge in [-0.3, -0.25) is 0 Å². The molecule has 1 aromatic carbocycles. The topological polar surface area (TPSA) is 61.0 Å². The molecule has 4 nitrogen and oxygen atoms in total. The third kappa shape index (κ3) is 3.34. The summed E-state index contributed by atoms with van der Waals surface area (Å²) in [5.74, 6) is 1.24. The van der Waals surface area contributed by atoms with Crippen molar-refractivity contribution in [3.63, 3.8) is 0 Å². The van der Waals surface area contributed by atoms with Crippen LogP contribution in [0.4, 0.5) is 5.82 Å². The molecule has 0 aliphatic carbocycles. The monoisotopic (exact) mass is 375 g/mol. The van der Waals surface area contributed by atoms with Crippen LogP contribution in [0.1, 0.15) is 18.9 Å². The summed E-state index contributed by atoms with van der Waals surface area (Å²) in [6.45, 7) is 2.04. The maximum absolute atomic E-state index is 6.13. The highest BCUT2D eigenvalue weighted by molar-refractivity contribution is 9.10. The predicted molar refractivity (Wildman–Crippen MR) is 84.7 cm³/mol. The van der Waals surface area contributed by atoms with Crippen LogP contribution in [0.3, 0.4) is 0 Å². The molecule has 0 aliphatic heterocycles. The van der Waals surface area contributed by atoms with E-state index in [1.54, 1.807) is 12.1 Å². The average Bonchev–Trinajstić information content (AvgIpc) is 2.40. The Morgan fingerprint density at radius 1 is 1.25 bits per heavy atom. The number of hydrogen-bond acceptors (Lipinski definition) is 4. The Labute approximate surface area is 135 Å². The van der Waals surface area contributed by atoms with Gasteiger partial charge in [-0.1, -0.05) is 36.5 Å². The molecule has 1 aromatic heterocycles. The molecule has 2 aromatic rings. The number of anilines is 1. The molecule has 2 N–H and O–H groups in total. The molecule has 0 saturated carbocycles. The molecular weight excluding hydrogens is 365 g/mol. The van der Waals surface area contributed by atoms with Crippen LogP contribution in [0.2, 0.25) is 10.0 Å². The lowest BCUT2D eigenvalue weighted by molar-refractivity contribution is 0.455. The molecule has 0 aliphatic rings. The van der Waals surface area contributed by atoms with Crippen LogP contribution in [0, 0.1) is 0 Å². The van der Waals surface area contributed by atoms with Crippen molar-refractivity contribution in [1.29, 1.82) is 0 Å². The van der Waals surface area contributed by atoms with Crippen LogP contribution in [-0.2, 0) is 6.42 Å². The van der Waals surface area contributed by atoms with Gasteiger partial charge in [0.25, 0.3) is 0 Å². The van der Waals surface area contributed by atoms with Crippen molar-refractivity contribution in [1.82, 2.24) is 9.97 Å². The standard InChI is InChI=1S/C13H12BrCl2N3O/c1-2-3-7-12(17)18-6-19-13(7)20-11-5-9(15)8(14)4-10(11)16/h4-6H,2-3H2,1H3,(H2,17,18,19). The van der Waals surface area contributed by atoms with Crippen molar-refractivity contribution >= 4 is 44.9 Å². The summed E-state index contributed by atoms with van der Waals surface area (Å²) in [6.07, 6.45) is 2.99. The molecule has 0 saturated heterocycles. The smallest absolute Gasteiger partial charge is 0.227 e. The average molecular weight is 377 g/mol. The van der Waals surface area contributed by atoms with Gasteiger partial charge < -0.3 is 10.5 Å². The SMILES string of the molecule is CCCc1c(N)ncnc1Oc1cc(Cl)c(Br)cc1Cl. The molecule has 0 fully saturated rings. The summed E-state index contributed by atoms with van der Waals surface area (Å²) in [6, 6.07) is 3.30. The van der Waals surface area contributed by atoms with Gasteiger partial charge in [0.1, 0.15) is 17.9 Å². The van der Waals surface area contributed by atoms with Crippen molar-refractivity contribution in [3.05, 3.63) is 38.5 Å². The van der Waals surface area contributed by atoms with E-state index in [-0.39, 0.29) is 0 Å². The van der Waals surface area contributed by atoms with Crippen molar-refractivity contribution in [2.24, 2.45) is 0 Å². The van der Waals surface area contributed by atoms with Crippen molar-refractivity contribution in [2.45, 2.75) is 19.8 Å². The lowest BCUT2D eigenvalue weighted by Gasteiger charge is -2.12. The van der Waals surface area contributed by atoms with Crippen molar-refractivity contribution in [2.75, 3.05) is 5.73 Å². The van der Waals surface area contributed by atoms with Gasteiger partial charge >= 0.3 is 0 Å². The van der Waals surface area contributed by atoms with Crippen molar-refractivity contribution in [3.8, 4) is 11.6 Å². The molecule has 0 amide bonds. The first-order valence-corrected chi connectivity index (χ1v) is 7.49. The molecular formula is C13H12BrCl2N3O. The van der Waals surface area contributed by atoms with E-state index in [9.17, 15) is 0 Å². The van der Waals surface area contributed by atoms with E-state index in [0.29, 0.717) is 32.0 Å². The van der Waals surface area contributed by atoms with Gasteiger partial charge in [0.05, 0.1) is 15.6 Å². The van der Waals surface area contributed by atoms with E-state index in [1.165, 1.54) is 6.33 Å². The number of nitrogen functional groups attached to an aromatic ring is 1. The van der Waals surface area contributed by atoms with Crippen LogP contribution >= 0.6 is 39.1 Å². The Balaban J connectivity index is 2.40. The molecule has 0 spiro atoms. The van der Waals surface area contributed by atoms with E-state index in [0.717, 1.165) is 18.4 Å². The normalized spacial score (nSPS) is 10.6. The largest absolute Gasteiger partial charge is 0.437 e. The van der Waals surface area contributed by atoms with Gasteiger partial charge in [-0.2, -0.15) is 0 Å². The van der Waals surface area contributed by atoms with E-state index < -0.39 is 0 Å². The van der Waals surface area contributed by atoms with Crippen molar-refractivity contribution < 1.29 is 4.74 Å². The second-order valence-electron chi connectivity index (χ2n) is 4.09. The molecule has 7 heteroatoms. The lowest BCUT2D eigenvalue weighted by atomic mass is 10.2. The van der Waals surface area contributed by atoms with Gasteiger partial charge in [0.15, 0.2) is 0 Å². The van der Waals surface area contributed by atoms with E-state index in [4.69, 9.17) is 33.7 Å². The number of ether oxygens (including phenoxy) is 1. The summed E-state index contributed by atoms with van der Waals surface area (Å²) >= 11 is 15.5. The maximum Gasteiger partial charge on any atom is 0.227 e. The van der Waals surface area contributed by atoms with E-state index in [2.05, 4.69) is 25.9 Å². The fraction of sp³-hybridized carbons (Fsp3) is 0.231. The first kappa shape index (κ1) is 15.4.